The molecule has 0 aromatic heterocycles. The molecule has 0 unspecified atom stereocenters. The monoisotopic (exact) mass is 325 g/mol. The van der Waals surface area contributed by atoms with Gasteiger partial charge in [-0.1, -0.05) is 15.9 Å². The van der Waals surface area contributed by atoms with E-state index in [1.54, 1.807) is 0 Å². The van der Waals surface area contributed by atoms with Gasteiger partial charge in [-0.3, -0.25) is 4.79 Å². The fourth-order valence-electron chi connectivity index (χ4n) is 5.28. The number of carbonyl (C=O) groups excluding carboxylic acids is 1. The van der Waals surface area contributed by atoms with Gasteiger partial charge in [0.1, 0.15) is 0 Å². The summed E-state index contributed by atoms with van der Waals surface area (Å²) in [7, 11) is 0. The molecule has 5 rings (SSSR count). The van der Waals surface area contributed by atoms with Crippen LogP contribution in [0.2, 0.25) is 0 Å². The van der Waals surface area contributed by atoms with Crippen LogP contribution in [0.25, 0.3) is 0 Å². The molecule has 0 aromatic carbocycles. The maximum atomic E-state index is 12.6. The summed E-state index contributed by atoms with van der Waals surface area (Å²) in [5.74, 6) is 4.11. The van der Waals surface area contributed by atoms with Crippen LogP contribution in [0.1, 0.15) is 44.9 Å². The minimum atomic E-state index is 0.360. The molecular weight excluding hydrogens is 302 g/mol. The summed E-state index contributed by atoms with van der Waals surface area (Å²) in [6, 6.07) is 0. The van der Waals surface area contributed by atoms with Gasteiger partial charge in [0, 0.05) is 17.8 Å². The minimum absolute atomic E-state index is 0.360. The van der Waals surface area contributed by atoms with Gasteiger partial charge in [-0.15, -0.1) is 0 Å². The smallest absolute Gasteiger partial charge is 0.223 e. The summed E-state index contributed by atoms with van der Waals surface area (Å²) in [5, 5.41) is 4.34. The Balaban J connectivity index is 1.40. The lowest BCUT2D eigenvalue weighted by Gasteiger charge is -2.53. The first-order chi connectivity index (χ1) is 9.19. The number of hydrogen-bond donors (Lipinski definition) is 1. The van der Waals surface area contributed by atoms with Gasteiger partial charge in [-0.2, -0.15) is 0 Å². The van der Waals surface area contributed by atoms with Crippen LogP contribution in [0, 0.1) is 35.0 Å². The van der Waals surface area contributed by atoms with Gasteiger partial charge in [-0.05, 0) is 74.0 Å². The normalized spacial score (nSPS) is 45.2. The van der Waals surface area contributed by atoms with Crippen LogP contribution in [0.3, 0.4) is 0 Å². The van der Waals surface area contributed by atoms with Crippen LogP contribution >= 0.6 is 15.9 Å². The van der Waals surface area contributed by atoms with E-state index in [9.17, 15) is 4.79 Å². The highest BCUT2D eigenvalue weighted by atomic mass is 79.9. The Kier molecular flexibility index (Phi) is 2.98. The quantitative estimate of drug-likeness (QED) is 0.789. The fraction of sp³-hybridized carbons (Fsp3) is 0.938. The third kappa shape index (κ3) is 2.16. The van der Waals surface area contributed by atoms with E-state index in [4.69, 9.17) is 0 Å². The van der Waals surface area contributed by atoms with Gasteiger partial charge >= 0.3 is 0 Å². The average molecular weight is 326 g/mol. The highest BCUT2D eigenvalue weighted by Gasteiger charge is 2.51. The summed E-state index contributed by atoms with van der Waals surface area (Å²) in [6.45, 7) is 0.903. The predicted molar refractivity (Wildman–Crippen MR) is 79.0 cm³/mol. The largest absolute Gasteiger partial charge is 0.355 e. The van der Waals surface area contributed by atoms with Crippen LogP contribution in [0.15, 0.2) is 0 Å². The van der Waals surface area contributed by atoms with Gasteiger partial charge in [-0.25, -0.2) is 0 Å². The summed E-state index contributed by atoms with van der Waals surface area (Å²) < 4.78 is 0. The first-order valence-electron chi connectivity index (χ1n) is 8.03. The van der Waals surface area contributed by atoms with Gasteiger partial charge in [0.2, 0.25) is 5.91 Å². The number of carbonyl (C=O) groups is 1. The zero-order valence-corrected chi connectivity index (χ0v) is 13.1. The van der Waals surface area contributed by atoms with E-state index in [-0.39, 0.29) is 0 Å². The van der Waals surface area contributed by atoms with Gasteiger partial charge in [0.25, 0.3) is 0 Å². The van der Waals surface area contributed by atoms with Crippen LogP contribution in [-0.4, -0.2) is 17.8 Å². The van der Waals surface area contributed by atoms with Gasteiger partial charge < -0.3 is 5.32 Å². The summed E-state index contributed by atoms with van der Waals surface area (Å²) in [6.07, 6.45) is 9.39. The molecule has 106 valence electrons. The van der Waals surface area contributed by atoms with E-state index in [0.717, 1.165) is 35.5 Å². The maximum Gasteiger partial charge on any atom is 0.223 e. The minimum Gasteiger partial charge on any atom is -0.355 e. The number of halogens is 1. The van der Waals surface area contributed by atoms with Crippen molar-refractivity contribution < 1.29 is 4.79 Å². The van der Waals surface area contributed by atoms with Crippen molar-refractivity contribution in [1.29, 1.82) is 0 Å². The van der Waals surface area contributed by atoms with Crippen LogP contribution in [0.4, 0.5) is 0 Å². The highest BCUT2D eigenvalue weighted by molar-refractivity contribution is 9.09. The van der Waals surface area contributed by atoms with E-state index in [1.807, 2.05) is 0 Å². The van der Waals surface area contributed by atoms with Gasteiger partial charge in [0.05, 0.1) is 0 Å². The molecule has 2 nitrogen and oxygen atoms in total. The van der Waals surface area contributed by atoms with Crippen LogP contribution < -0.4 is 5.32 Å². The molecule has 1 amide bonds. The van der Waals surface area contributed by atoms with Crippen molar-refractivity contribution in [1.82, 2.24) is 5.32 Å². The molecule has 1 N–H and O–H groups in total. The first kappa shape index (κ1) is 12.7. The van der Waals surface area contributed by atoms with E-state index < -0.39 is 0 Å². The van der Waals surface area contributed by atoms with Crippen molar-refractivity contribution >= 4 is 21.8 Å². The standard InChI is InChI=1S/C16H24BrNO/c17-8-16(1-2-16)9-18-15(19)14-12-4-10-3-11(6-12)7-13(14)5-10/h10-14H,1-9H2,(H,18,19). The highest BCUT2D eigenvalue weighted by Crippen LogP contribution is 2.56. The zero-order chi connectivity index (χ0) is 13.0. The molecule has 0 radical (unpaired) electrons. The Bertz CT molecular complexity index is 362. The summed E-state index contributed by atoms with van der Waals surface area (Å²) in [5.41, 5.74) is 0.404. The van der Waals surface area contributed by atoms with Crippen molar-refractivity contribution in [3.63, 3.8) is 0 Å². The predicted octanol–water partition coefficient (Wildman–Crippen LogP) is 3.35. The lowest BCUT2D eigenvalue weighted by atomic mass is 9.51. The molecule has 0 heterocycles. The summed E-state index contributed by atoms with van der Waals surface area (Å²) >= 11 is 3.59. The van der Waals surface area contributed by atoms with E-state index in [0.29, 0.717) is 17.2 Å². The molecule has 5 fully saturated rings. The third-order valence-corrected chi connectivity index (χ3v) is 7.60. The Morgan fingerprint density at radius 1 is 1.05 bits per heavy atom. The summed E-state index contributed by atoms with van der Waals surface area (Å²) in [4.78, 5) is 12.6. The first-order valence-corrected chi connectivity index (χ1v) is 9.15. The number of nitrogens with one attached hydrogen (secondary N) is 1. The van der Waals surface area contributed by atoms with Crippen LogP contribution in [0.5, 0.6) is 0 Å². The van der Waals surface area contributed by atoms with Crippen molar-refractivity contribution in [3.8, 4) is 0 Å². The van der Waals surface area contributed by atoms with E-state index in [1.165, 1.54) is 44.9 Å². The van der Waals surface area contributed by atoms with Gasteiger partial charge in [0.15, 0.2) is 0 Å². The average Bonchev–Trinajstić information content (AvgIpc) is 3.16. The SMILES string of the molecule is O=C(NCC1(CBr)CC1)C1C2CC3CC(C2)CC1C3. The number of alkyl halides is 1. The number of rotatable bonds is 4. The Morgan fingerprint density at radius 2 is 1.63 bits per heavy atom. The molecular formula is C16H24BrNO. The molecule has 3 heteroatoms. The molecule has 0 aromatic rings. The lowest BCUT2D eigenvalue weighted by molar-refractivity contribution is -0.138. The molecule has 0 saturated heterocycles. The molecule has 5 aliphatic carbocycles. The molecule has 0 aliphatic heterocycles. The third-order valence-electron chi connectivity index (χ3n) is 6.41. The van der Waals surface area contributed by atoms with Crippen molar-refractivity contribution in [3.05, 3.63) is 0 Å². The van der Waals surface area contributed by atoms with E-state index >= 15 is 0 Å². The molecule has 5 aliphatic rings. The fourth-order valence-corrected chi connectivity index (χ4v) is 6.04. The van der Waals surface area contributed by atoms with Crippen LogP contribution in [-0.2, 0) is 4.79 Å². The maximum absolute atomic E-state index is 12.6. The molecule has 4 bridgehead atoms. The van der Waals surface area contributed by atoms with Crippen molar-refractivity contribution in [2.75, 3.05) is 11.9 Å². The zero-order valence-electron chi connectivity index (χ0n) is 11.5. The lowest BCUT2D eigenvalue weighted by Crippen LogP contribution is -2.51. The Hall–Kier alpha value is -0.0500. The number of hydrogen-bond acceptors (Lipinski definition) is 1. The van der Waals surface area contributed by atoms with E-state index in [2.05, 4.69) is 21.2 Å². The molecule has 19 heavy (non-hydrogen) atoms. The molecule has 0 atom stereocenters. The second-order valence-electron chi connectivity index (χ2n) is 7.81. The second kappa shape index (κ2) is 4.47. The number of amides is 1. The molecule has 0 spiro atoms. The molecule has 5 saturated carbocycles. The van der Waals surface area contributed by atoms with Crippen molar-refractivity contribution in [2.45, 2.75) is 44.9 Å². The Morgan fingerprint density at radius 3 is 2.11 bits per heavy atom. The Labute approximate surface area is 124 Å². The van der Waals surface area contributed by atoms with Crippen molar-refractivity contribution in [2.24, 2.45) is 35.0 Å². The second-order valence-corrected chi connectivity index (χ2v) is 8.37. The topological polar surface area (TPSA) is 29.1 Å².